The number of nitrogens with zero attached hydrogens (tertiary/aromatic N) is 6. The SMILES string of the molecule is CCS(=O)(=O)N1CCN(c2cnc(C)c(-c3nnc(C4CCCCC4)o3)n2)CC1. The molecule has 0 amide bonds. The van der Waals surface area contributed by atoms with E-state index in [1.165, 1.54) is 19.3 Å². The first-order valence-electron chi connectivity index (χ1n) is 10.4. The van der Waals surface area contributed by atoms with E-state index >= 15 is 0 Å². The number of rotatable bonds is 5. The summed E-state index contributed by atoms with van der Waals surface area (Å²) in [6, 6.07) is 0. The van der Waals surface area contributed by atoms with E-state index < -0.39 is 10.0 Å². The average molecular weight is 421 g/mol. The van der Waals surface area contributed by atoms with Crippen LogP contribution in [0.1, 0.15) is 56.5 Å². The van der Waals surface area contributed by atoms with Gasteiger partial charge in [-0.3, -0.25) is 4.98 Å². The number of aromatic nitrogens is 4. The van der Waals surface area contributed by atoms with Crippen LogP contribution >= 0.6 is 0 Å². The van der Waals surface area contributed by atoms with E-state index in [9.17, 15) is 8.42 Å². The number of hydrogen-bond acceptors (Lipinski definition) is 8. The van der Waals surface area contributed by atoms with Crippen LogP contribution in [-0.4, -0.2) is 64.8 Å². The van der Waals surface area contributed by atoms with Gasteiger partial charge in [0.1, 0.15) is 5.82 Å². The maximum absolute atomic E-state index is 12.1. The fourth-order valence-electron chi connectivity index (χ4n) is 4.02. The maximum Gasteiger partial charge on any atom is 0.268 e. The molecule has 158 valence electrons. The number of aryl methyl sites for hydroxylation is 1. The van der Waals surface area contributed by atoms with Gasteiger partial charge in [-0.05, 0) is 26.7 Å². The molecule has 0 spiro atoms. The molecule has 0 aromatic carbocycles. The number of piperazine rings is 1. The average Bonchev–Trinajstić information content (AvgIpc) is 3.25. The van der Waals surface area contributed by atoms with Gasteiger partial charge in [0.25, 0.3) is 5.89 Å². The lowest BCUT2D eigenvalue weighted by Gasteiger charge is -2.34. The minimum absolute atomic E-state index is 0.127. The Bertz CT molecular complexity index is 947. The van der Waals surface area contributed by atoms with Crippen LogP contribution in [0.15, 0.2) is 10.6 Å². The standard InChI is InChI=1S/C19H28N6O3S/c1-3-29(26,27)25-11-9-24(10-12-25)16-13-20-14(2)17(21-16)19-23-22-18(28-19)15-7-5-4-6-8-15/h13,15H,3-12H2,1-2H3. The van der Waals surface area contributed by atoms with E-state index in [0.717, 1.165) is 18.5 Å². The monoisotopic (exact) mass is 420 g/mol. The van der Waals surface area contributed by atoms with Gasteiger partial charge in [0.2, 0.25) is 15.9 Å². The topological polar surface area (TPSA) is 105 Å². The lowest BCUT2D eigenvalue weighted by Crippen LogP contribution is -2.49. The van der Waals surface area contributed by atoms with Gasteiger partial charge in [-0.1, -0.05) is 19.3 Å². The zero-order chi connectivity index (χ0) is 20.4. The molecule has 10 heteroatoms. The van der Waals surface area contributed by atoms with E-state index in [4.69, 9.17) is 9.40 Å². The molecule has 1 aliphatic heterocycles. The van der Waals surface area contributed by atoms with Gasteiger partial charge >= 0.3 is 0 Å². The molecule has 0 unspecified atom stereocenters. The van der Waals surface area contributed by atoms with Gasteiger partial charge in [0.15, 0.2) is 5.69 Å². The lowest BCUT2D eigenvalue weighted by molar-refractivity contribution is 0.366. The predicted molar refractivity (Wildman–Crippen MR) is 109 cm³/mol. The number of anilines is 1. The van der Waals surface area contributed by atoms with Crippen LogP contribution in [0, 0.1) is 6.92 Å². The molecule has 1 saturated heterocycles. The van der Waals surface area contributed by atoms with Crippen molar-refractivity contribution in [2.45, 2.75) is 51.9 Å². The molecular formula is C19H28N6O3S. The number of hydrogen-bond donors (Lipinski definition) is 0. The second kappa shape index (κ2) is 8.35. The summed E-state index contributed by atoms with van der Waals surface area (Å²) in [7, 11) is -3.16. The normalized spacial score (nSPS) is 19.6. The zero-order valence-corrected chi connectivity index (χ0v) is 17.9. The summed E-state index contributed by atoms with van der Waals surface area (Å²) in [5, 5.41) is 8.51. The van der Waals surface area contributed by atoms with E-state index in [2.05, 4.69) is 20.1 Å². The molecule has 3 heterocycles. The first kappa shape index (κ1) is 20.2. The highest BCUT2D eigenvalue weighted by molar-refractivity contribution is 7.89. The van der Waals surface area contributed by atoms with Crippen LogP contribution in [0.4, 0.5) is 5.82 Å². The molecule has 1 saturated carbocycles. The van der Waals surface area contributed by atoms with Crippen molar-refractivity contribution < 1.29 is 12.8 Å². The summed E-state index contributed by atoms with van der Waals surface area (Å²) in [5.41, 5.74) is 1.33. The van der Waals surface area contributed by atoms with E-state index in [1.807, 2.05) is 6.92 Å². The Kier molecular flexibility index (Phi) is 5.82. The Balaban J connectivity index is 1.51. The highest BCUT2D eigenvalue weighted by Crippen LogP contribution is 2.33. The third-order valence-electron chi connectivity index (χ3n) is 5.86. The van der Waals surface area contributed by atoms with Crippen molar-refractivity contribution in [1.82, 2.24) is 24.5 Å². The van der Waals surface area contributed by atoms with Crippen LogP contribution in [-0.2, 0) is 10.0 Å². The first-order valence-corrected chi connectivity index (χ1v) is 12.0. The summed E-state index contributed by atoms with van der Waals surface area (Å²) >= 11 is 0. The van der Waals surface area contributed by atoms with Gasteiger partial charge < -0.3 is 9.32 Å². The van der Waals surface area contributed by atoms with Crippen molar-refractivity contribution in [2.75, 3.05) is 36.8 Å². The maximum atomic E-state index is 12.1. The van der Waals surface area contributed by atoms with Crippen molar-refractivity contribution in [3.8, 4) is 11.6 Å². The Morgan fingerprint density at radius 2 is 1.83 bits per heavy atom. The van der Waals surface area contributed by atoms with E-state index in [1.54, 1.807) is 17.4 Å². The highest BCUT2D eigenvalue weighted by atomic mass is 32.2. The van der Waals surface area contributed by atoms with Gasteiger partial charge in [0, 0.05) is 32.1 Å². The minimum Gasteiger partial charge on any atom is -0.419 e. The Hall–Kier alpha value is -2.07. The molecule has 2 aliphatic rings. The molecule has 4 rings (SSSR count). The molecule has 0 N–H and O–H groups in total. The van der Waals surface area contributed by atoms with Crippen LogP contribution < -0.4 is 4.90 Å². The molecule has 2 fully saturated rings. The van der Waals surface area contributed by atoms with Crippen LogP contribution in [0.2, 0.25) is 0 Å². The van der Waals surface area contributed by atoms with Crippen molar-refractivity contribution >= 4 is 15.8 Å². The van der Waals surface area contributed by atoms with Crippen molar-refractivity contribution in [3.63, 3.8) is 0 Å². The van der Waals surface area contributed by atoms with Crippen LogP contribution in [0.3, 0.4) is 0 Å². The lowest BCUT2D eigenvalue weighted by atomic mass is 9.89. The van der Waals surface area contributed by atoms with Crippen LogP contribution in [0.5, 0.6) is 0 Å². The fourth-order valence-corrected chi connectivity index (χ4v) is 5.10. The van der Waals surface area contributed by atoms with Crippen molar-refractivity contribution in [1.29, 1.82) is 0 Å². The Labute approximate surface area is 171 Å². The highest BCUT2D eigenvalue weighted by Gasteiger charge is 2.27. The summed E-state index contributed by atoms with van der Waals surface area (Å²) in [4.78, 5) is 11.3. The summed E-state index contributed by atoms with van der Waals surface area (Å²) in [5.74, 6) is 2.28. The third-order valence-corrected chi connectivity index (χ3v) is 7.74. The second-order valence-electron chi connectivity index (χ2n) is 7.73. The molecule has 1 aliphatic carbocycles. The first-order chi connectivity index (χ1) is 14.0. The molecule has 2 aromatic heterocycles. The molecular weight excluding hydrogens is 392 g/mol. The second-order valence-corrected chi connectivity index (χ2v) is 9.99. The van der Waals surface area contributed by atoms with Gasteiger partial charge in [-0.25, -0.2) is 13.4 Å². The van der Waals surface area contributed by atoms with Crippen molar-refractivity contribution in [3.05, 3.63) is 17.8 Å². The Morgan fingerprint density at radius 1 is 1.10 bits per heavy atom. The quantitative estimate of drug-likeness (QED) is 0.726. The molecule has 29 heavy (non-hydrogen) atoms. The number of sulfonamides is 1. The molecule has 2 aromatic rings. The van der Waals surface area contributed by atoms with Gasteiger partial charge in [-0.15, -0.1) is 10.2 Å². The Morgan fingerprint density at radius 3 is 2.52 bits per heavy atom. The largest absolute Gasteiger partial charge is 0.419 e. The molecule has 0 atom stereocenters. The van der Waals surface area contributed by atoms with Gasteiger partial charge in [0.05, 0.1) is 17.6 Å². The van der Waals surface area contributed by atoms with E-state index in [0.29, 0.717) is 55.4 Å². The summed E-state index contributed by atoms with van der Waals surface area (Å²) in [6.45, 7) is 5.61. The molecule has 0 bridgehead atoms. The van der Waals surface area contributed by atoms with Gasteiger partial charge in [-0.2, -0.15) is 4.31 Å². The molecule has 0 radical (unpaired) electrons. The zero-order valence-electron chi connectivity index (χ0n) is 17.0. The smallest absolute Gasteiger partial charge is 0.268 e. The molecule has 9 nitrogen and oxygen atoms in total. The summed E-state index contributed by atoms with van der Waals surface area (Å²) in [6.07, 6.45) is 7.60. The fraction of sp³-hybridized carbons (Fsp3) is 0.684. The van der Waals surface area contributed by atoms with Crippen LogP contribution in [0.25, 0.3) is 11.6 Å². The third kappa shape index (κ3) is 4.28. The van der Waals surface area contributed by atoms with E-state index in [-0.39, 0.29) is 5.75 Å². The summed E-state index contributed by atoms with van der Waals surface area (Å²) < 4.78 is 31.7. The van der Waals surface area contributed by atoms with Crippen molar-refractivity contribution in [2.24, 2.45) is 0 Å². The predicted octanol–water partition coefficient (Wildman–Crippen LogP) is 2.35. The minimum atomic E-state index is -3.16.